The normalized spacial score (nSPS) is 18.6. The van der Waals surface area contributed by atoms with Crippen molar-refractivity contribution in [1.29, 1.82) is 0 Å². The summed E-state index contributed by atoms with van der Waals surface area (Å²) in [4.78, 5) is 15.4. The van der Waals surface area contributed by atoms with Gasteiger partial charge >= 0.3 is 0 Å². The Bertz CT molecular complexity index is 946. The summed E-state index contributed by atoms with van der Waals surface area (Å²) in [5, 5.41) is 8.16. The van der Waals surface area contributed by atoms with Crippen LogP contribution in [0.3, 0.4) is 0 Å². The summed E-state index contributed by atoms with van der Waals surface area (Å²) in [6.07, 6.45) is 4.98. The van der Waals surface area contributed by atoms with Crippen molar-refractivity contribution in [1.82, 2.24) is 20.0 Å². The van der Waals surface area contributed by atoms with E-state index in [1.54, 1.807) is 10.9 Å². The van der Waals surface area contributed by atoms with E-state index in [0.717, 1.165) is 44.7 Å². The Morgan fingerprint density at radius 2 is 1.89 bits per heavy atom. The lowest BCUT2D eigenvalue weighted by molar-refractivity contribution is 0.0599. The zero-order valence-electron chi connectivity index (χ0n) is 15.8. The van der Waals surface area contributed by atoms with E-state index >= 15 is 0 Å². The average Bonchev–Trinajstić information content (AvgIpc) is 3.49. The molecule has 3 aromatic rings. The van der Waals surface area contributed by atoms with Crippen LogP contribution in [0.15, 0.2) is 59.2 Å². The van der Waals surface area contributed by atoms with Crippen LogP contribution in [-0.4, -0.2) is 46.8 Å². The van der Waals surface area contributed by atoms with Crippen LogP contribution in [0.5, 0.6) is 0 Å². The van der Waals surface area contributed by atoms with Gasteiger partial charge in [0.05, 0.1) is 12.0 Å². The quantitative estimate of drug-likeness (QED) is 0.761. The van der Waals surface area contributed by atoms with Crippen LogP contribution in [-0.2, 0) is 0 Å². The summed E-state index contributed by atoms with van der Waals surface area (Å²) in [6, 6.07) is 15.3. The third-order valence-corrected chi connectivity index (χ3v) is 6.15. The van der Waals surface area contributed by atoms with Gasteiger partial charge in [0.15, 0.2) is 5.76 Å². The second kappa shape index (κ2) is 6.95. The Hall–Kier alpha value is -2.86. The number of para-hydroxylation sites is 1. The number of carbonyl (C=O) groups excluding carboxylic acids is 1. The number of amides is 1. The molecule has 2 aromatic heterocycles. The fraction of sp³-hybridized carbons (Fsp3) is 0.364. The molecule has 6 nitrogen and oxygen atoms in total. The molecule has 1 N–H and O–H groups in total. The lowest BCUT2D eigenvalue weighted by Gasteiger charge is -2.38. The third kappa shape index (κ3) is 3.03. The first kappa shape index (κ1) is 17.3. The molecular formula is C22H24N4O2. The van der Waals surface area contributed by atoms with Gasteiger partial charge in [0, 0.05) is 25.7 Å². The van der Waals surface area contributed by atoms with Crippen LogP contribution < -0.4 is 5.32 Å². The molecule has 4 heterocycles. The van der Waals surface area contributed by atoms with Crippen molar-refractivity contribution >= 4 is 5.91 Å². The lowest BCUT2D eigenvalue weighted by Crippen LogP contribution is -2.44. The zero-order chi connectivity index (χ0) is 19.0. The van der Waals surface area contributed by atoms with Gasteiger partial charge in [-0.1, -0.05) is 18.2 Å². The number of furan rings is 1. The minimum Gasteiger partial charge on any atom is -0.463 e. The highest BCUT2D eigenvalue weighted by Crippen LogP contribution is 2.37. The molecule has 0 atom stereocenters. The Labute approximate surface area is 164 Å². The molecule has 2 aliphatic rings. The van der Waals surface area contributed by atoms with Crippen molar-refractivity contribution in [2.75, 3.05) is 26.2 Å². The van der Waals surface area contributed by atoms with E-state index < -0.39 is 0 Å². The van der Waals surface area contributed by atoms with Crippen LogP contribution >= 0.6 is 0 Å². The minimum absolute atomic E-state index is 0.0370. The van der Waals surface area contributed by atoms with Crippen LogP contribution in [0.2, 0.25) is 0 Å². The molecule has 28 heavy (non-hydrogen) atoms. The van der Waals surface area contributed by atoms with E-state index in [4.69, 9.17) is 4.42 Å². The Kier molecular flexibility index (Phi) is 4.28. The molecule has 144 valence electrons. The minimum atomic E-state index is 0.0370. The maximum absolute atomic E-state index is 13.4. The molecule has 6 heteroatoms. The van der Waals surface area contributed by atoms with E-state index in [-0.39, 0.29) is 5.91 Å². The first-order valence-corrected chi connectivity index (χ1v) is 9.94. The smallest absolute Gasteiger partial charge is 0.272 e. The van der Waals surface area contributed by atoms with Crippen molar-refractivity contribution in [3.05, 3.63) is 60.5 Å². The summed E-state index contributed by atoms with van der Waals surface area (Å²) in [6.45, 7) is 3.79. The van der Waals surface area contributed by atoms with E-state index in [2.05, 4.69) is 10.4 Å². The maximum atomic E-state index is 13.4. The van der Waals surface area contributed by atoms with Crippen molar-refractivity contribution in [3.63, 3.8) is 0 Å². The Morgan fingerprint density at radius 1 is 1.07 bits per heavy atom. The highest BCUT2D eigenvalue weighted by molar-refractivity contribution is 5.94. The van der Waals surface area contributed by atoms with Gasteiger partial charge in [-0.05, 0) is 55.5 Å². The fourth-order valence-corrected chi connectivity index (χ4v) is 4.41. The van der Waals surface area contributed by atoms with Gasteiger partial charge in [0.25, 0.3) is 5.91 Å². The van der Waals surface area contributed by atoms with Crippen molar-refractivity contribution in [2.45, 2.75) is 19.3 Å². The molecule has 1 amide bonds. The molecule has 0 aliphatic carbocycles. The molecule has 1 spiro atoms. The summed E-state index contributed by atoms with van der Waals surface area (Å²) in [5.41, 5.74) is 2.51. The molecule has 2 fully saturated rings. The SMILES string of the molecule is O=C(c1cc(-c2ccco2)nn1-c1ccccc1)N1CCC2(CCNC2)CC1. The number of piperidine rings is 1. The van der Waals surface area contributed by atoms with E-state index in [0.29, 0.717) is 22.6 Å². The first-order valence-electron chi connectivity index (χ1n) is 9.94. The summed E-state index contributed by atoms with van der Waals surface area (Å²) < 4.78 is 7.24. The summed E-state index contributed by atoms with van der Waals surface area (Å²) in [7, 11) is 0. The fourth-order valence-electron chi connectivity index (χ4n) is 4.41. The Morgan fingerprint density at radius 3 is 2.57 bits per heavy atom. The highest BCUT2D eigenvalue weighted by atomic mass is 16.3. The van der Waals surface area contributed by atoms with E-state index in [9.17, 15) is 4.79 Å². The van der Waals surface area contributed by atoms with Gasteiger partial charge in [-0.25, -0.2) is 4.68 Å². The predicted octanol–water partition coefficient (Wildman–Crippen LogP) is 3.35. The first-order chi connectivity index (χ1) is 13.7. The van der Waals surface area contributed by atoms with Gasteiger partial charge in [0.1, 0.15) is 11.4 Å². The summed E-state index contributed by atoms with van der Waals surface area (Å²) >= 11 is 0. The zero-order valence-corrected chi connectivity index (χ0v) is 15.8. The van der Waals surface area contributed by atoms with Crippen LogP contribution in [0.1, 0.15) is 29.8 Å². The van der Waals surface area contributed by atoms with E-state index in [1.807, 2.05) is 53.4 Å². The molecule has 0 radical (unpaired) electrons. The number of hydrogen-bond donors (Lipinski definition) is 1. The molecule has 0 unspecified atom stereocenters. The highest BCUT2D eigenvalue weighted by Gasteiger charge is 2.38. The molecule has 2 saturated heterocycles. The Balaban J connectivity index is 1.46. The van der Waals surface area contributed by atoms with Crippen molar-refractivity contribution in [3.8, 4) is 17.1 Å². The predicted molar refractivity (Wildman–Crippen MR) is 106 cm³/mol. The number of benzene rings is 1. The molecule has 2 aliphatic heterocycles. The van der Waals surface area contributed by atoms with Gasteiger partial charge in [-0.2, -0.15) is 5.10 Å². The van der Waals surface area contributed by atoms with Gasteiger partial charge in [-0.15, -0.1) is 0 Å². The van der Waals surface area contributed by atoms with Crippen LogP contribution in [0.4, 0.5) is 0 Å². The standard InChI is InChI=1S/C22H24N4O2/c27-21(25-12-9-22(10-13-25)8-11-23-16-22)19-15-18(20-7-4-14-28-20)24-26(19)17-5-2-1-3-6-17/h1-7,14-15,23H,8-13,16H2. The number of carbonyl (C=O) groups is 1. The molecule has 0 saturated carbocycles. The second-order valence-electron chi connectivity index (χ2n) is 7.86. The van der Waals surface area contributed by atoms with Gasteiger partial charge in [-0.3, -0.25) is 4.79 Å². The van der Waals surface area contributed by atoms with Crippen LogP contribution in [0.25, 0.3) is 17.1 Å². The number of aromatic nitrogens is 2. The number of nitrogens with one attached hydrogen (secondary N) is 1. The third-order valence-electron chi connectivity index (χ3n) is 6.15. The molecule has 5 rings (SSSR count). The molecule has 0 bridgehead atoms. The monoisotopic (exact) mass is 376 g/mol. The second-order valence-corrected chi connectivity index (χ2v) is 7.86. The number of rotatable bonds is 3. The lowest BCUT2D eigenvalue weighted by atomic mass is 9.78. The number of likely N-dealkylation sites (tertiary alicyclic amines) is 1. The average molecular weight is 376 g/mol. The van der Waals surface area contributed by atoms with Crippen LogP contribution in [0, 0.1) is 5.41 Å². The molecular weight excluding hydrogens is 352 g/mol. The van der Waals surface area contributed by atoms with Gasteiger partial charge < -0.3 is 14.6 Å². The topological polar surface area (TPSA) is 63.3 Å². The largest absolute Gasteiger partial charge is 0.463 e. The molecule has 1 aromatic carbocycles. The number of nitrogens with zero attached hydrogens (tertiary/aromatic N) is 3. The van der Waals surface area contributed by atoms with Crippen molar-refractivity contribution in [2.24, 2.45) is 5.41 Å². The van der Waals surface area contributed by atoms with E-state index in [1.165, 1.54) is 6.42 Å². The van der Waals surface area contributed by atoms with Gasteiger partial charge in [0.2, 0.25) is 0 Å². The summed E-state index contributed by atoms with van der Waals surface area (Å²) in [5.74, 6) is 0.702. The number of hydrogen-bond acceptors (Lipinski definition) is 4. The van der Waals surface area contributed by atoms with Crippen molar-refractivity contribution < 1.29 is 9.21 Å². The maximum Gasteiger partial charge on any atom is 0.272 e.